The molecule has 1 rings (SSSR count). The molecule has 12 heavy (non-hydrogen) atoms. The quantitative estimate of drug-likeness (QED) is 0.651. The van der Waals surface area contributed by atoms with Crippen molar-refractivity contribution in [1.82, 2.24) is 0 Å². The van der Waals surface area contributed by atoms with Crippen LogP contribution in [0.5, 0.6) is 0 Å². The maximum absolute atomic E-state index is 5.81. The molecule has 1 fully saturated rings. The van der Waals surface area contributed by atoms with Crippen molar-refractivity contribution in [3.05, 3.63) is 12.7 Å². The molecule has 2 heteroatoms. The summed E-state index contributed by atoms with van der Waals surface area (Å²) in [5.41, 5.74) is 6.08. The maximum atomic E-state index is 5.81. The van der Waals surface area contributed by atoms with Gasteiger partial charge in [-0.2, -0.15) is 0 Å². The number of rotatable bonds is 3. The van der Waals surface area contributed by atoms with E-state index in [2.05, 4.69) is 13.5 Å². The molecule has 1 heterocycles. The predicted octanol–water partition coefficient (Wildman–Crippen LogP) is 1.56. The van der Waals surface area contributed by atoms with E-state index in [9.17, 15) is 0 Å². The van der Waals surface area contributed by atoms with Crippen LogP contribution in [-0.2, 0) is 4.74 Å². The third-order valence-corrected chi connectivity index (χ3v) is 3.21. The lowest BCUT2D eigenvalue weighted by Gasteiger charge is -2.40. The van der Waals surface area contributed by atoms with E-state index in [0.717, 1.165) is 32.6 Å². The summed E-state index contributed by atoms with van der Waals surface area (Å²) in [7, 11) is 0. The Labute approximate surface area is 74.8 Å². The van der Waals surface area contributed by atoms with Gasteiger partial charge in [0, 0.05) is 13.2 Å². The van der Waals surface area contributed by atoms with Crippen molar-refractivity contribution in [3.63, 3.8) is 0 Å². The smallest absolute Gasteiger partial charge is 0.0472 e. The average molecular weight is 169 g/mol. The summed E-state index contributed by atoms with van der Waals surface area (Å²) in [6, 6.07) is 0. The Morgan fingerprint density at radius 3 is 2.58 bits per heavy atom. The molecule has 2 nitrogen and oxygen atoms in total. The summed E-state index contributed by atoms with van der Waals surface area (Å²) < 4.78 is 5.33. The Bertz CT molecular complexity index is 150. The standard InChI is InChI=1S/C10H19NO/c1-3-9(2)10(8-11)4-6-12-7-5-10/h3,9H,1,4-8,11H2,2H3. The second kappa shape index (κ2) is 4.06. The van der Waals surface area contributed by atoms with Crippen LogP contribution in [0.4, 0.5) is 0 Å². The lowest BCUT2D eigenvalue weighted by atomic mass is 9.71. The highest BCUT2D eigenvalue weighted by Crippen LogP contribution is 2.37. The molecule has 0 aliphatic carbocycles. The maximum Gasteiger partial charge on any atom is 0.0472 e. The fourth-order valence-corrected chi connectivity index (χ4v) is 1.87. The first kappa shape index (κ1) is 9.75. The van der Waals surface area contributed by atoms with Crippen LogP contribution in [0.3, 0.4) is 0 Å². The molecule has 70 valence electrons. The molecule has 0 radical (unpaired) electrons. The Kier molecular flexibility index (Phi) is 3.29. The predicted molar refractivity (Wildman–Crippen MR) is 50.9 cm³/mol. The molecule has 2 N–H and O–H groups in total. The van der Waals surface area contributed by atoms with Gasteiger partial charge in [0.15, 0.2) is 0 Å². The number of nitrogens with two attached hydrogens (primary N) is 1. The van der Waals surface area contributed by atoms with Crippen LogP contribution >= 0.6 is 0 Å². The van der Waals surface area contributed by atoms with Crippen molar-refractivity contribution in [2.75, 3.05) is 19.8 Å². The second-order valence-electron chi connectivity index (χ2n) is 3.70. The Morgan fingerprint density at radius 1 is 1.58 bits per heavy atom. The van der Waals surface area contributed by atoms with Crippen molar-refractivity contribution in [1.29, 1.82) is 0 Å². The Hall–Kier alpha value is -0.340. The van der Waals surface area contributed by atoms with E-state index in [1.54, 1.807) is 0 Å². The number of ether oxygens (including phenoxy) is 1. The number of hydrogen-bond donors (Lipinski definition) is 1. The number of hydrogen-bond acceptors (Lipinski definition) is 2. The van der Waals surface area contributed by atoms with Gasteiger partial charge in [-0.15, -0.1) is 6.58 Å². The lowest BCUT2D eigenvalue weighted by molar-refractivity contribution is 0.00110. The molecule has 1 aliphatic heterocycles. The van der Waals surface area contributed by atoms with Gasteiger partial charge in [0.2, 0.25) is 0 Å². The highest BCUT2D eigenvalue weighted by atomic mass is 16.5. The van der Waals surface area contributed by atoms with Gasteiger partial charge in [-0.1, -0.05) is 13.0 Å². The van der Waals surface area contributed by atoms with Crippen molar-refractivity contribution in [3.8, 4) is 0 Å². The summed E-state index contributed by atoms with van der Waals surface area (Å²) in [6.07, 6.45) is 4.17. The van der Waals surface area contributed by atoms with Crippen LogP contribution in [0.1, 0.15) is 19.8 Å². The monoisotopic (exact) mass is 169 g/mol. The minimum atomic E-state index is 0.264. The Morgan fingerprint density at radius 2 is 2.17 bits per heavy atom. The summed E-state index contributed by atoms with van der Waals surface area (Å²) in [4.78, 5) is 0. The van der Waals surface area contributed by atoms with E-state index < -0.39 is 0 Å². The minimum absolute atomic E-state index is 0.264. The van der Waals surface area contributed by atoms with Crippen molar-refractivity contribution in [2.45, 2.75) is 19.8 Å². The average Bonchev–Trinajstić information content (AvgIpc) is 2.17. The molecule has 1 aliphatic rings. The first-order valence-electron chi connectivity index (χ1n) is 4.65. The third kappa shape index (κ3) is 1.70. The van der Waals surface area contributed by atoms with Gasteiger partial charge < -0.3 is 10.5 Å². The van der Waals surface area contributed by atoms with E-state index in [1.165, 1.54) is 0 Å². The van der Waals surface area contributed by atoms with Crippen LogP contribution in [0.2, 0.25) is 0 Å². The summed E-state index contributed by atoms with van der Waals surface area (Å²) in [6.45, 7) is 8.50. The zero-order chi connectivity index (χ0) is 9.03. The molecule has 0 aromatic heterocycles. The molecule has 1 saturated heterocycles. The molecule has 1 atom stereocenters. The van der Waals surface area contributed by atoms with Gasteiger partial charge in [-0.3, -0.25) is 0 Å². The van der Waals surface area contributed by atoms with E-state index in [1.807, 2.05) is 6.08 Å². The second-order valence-corrected chi connectivity index (χ2v) is 3.70. The first-order valence-corrected chi connectivity index (χ1v) is 4.65. The molecule has 0 bridgehead atoms. The lowest BCUT2D eigenvalue weighted by Crippen LogP contribution is -2.41. The molecule has 0 aromatic carbocycles. The van der Waals surface area contributed by atoms with Crippen molar-refractivity contribution < 1.29 is 4.74 Å². The van der Waals surface area contributed by atoms with E-state index >= 15 is 0 Å². The zero-order valence-electron chi connectivity index (χ0n) is 7.88. The van der Waals surface area contributed by atoms with Crippen LogP contribution < -0.4 is 5.73 Å². The summed E-state index contributed by atoms with van der Waals surface area (Å²) in [5.74, 6) is 0.506. The molecular weight excluding hydrogens is 150 g/mol. The molecule has 0 aromatic rings. The van der Waals surface area contributed by atoms with Gasteiger partial charge in [0.05, 0.1) is 0 Å². The van der Waals surface area contributed by atoms with Crippen LogP contribution in [0.15, 0.2) is 12.7 Å². The molecule has 1 unspecified atom stereocenters. The van der Waals surface area contributed by atoms with Crippen molar-refractivity contribution >= 4 is 0 Å². The van der Waals surface area contributed by atoms with Gasteiger partial charge in [0.1, 0.15) is 0 Å². The summed E-state index contributed by atoms with van der Waals surface area (Å²) >= 11 is 0. The first-order chi connectivity index (χ1) is 5.75. The fraction of sp³-hybridized carbons (Fsp3) is 0.800. The SMILES string of the molecule is C=CC(C)C1(CN)CCOCC1. The molecule has 0 amide bonds. The van der Waals surface area contributed by atoms with E-state index in [0.29, 0.717) is 5.92 Å². The van der Waals surface area contributed by atoms with Gasteiger partial charge >= 0.3 is 0 Å². The van der Waals surface area contributed by atoms with Crippen LogP contribution in [-0.4, -0.2) is 19.8 Å². The fourth-order valence-electron chi connectivity index (χ4n) is 1.87. The summed E-state index contributed by atoms with van der Waals surface area (Å²) in [5, 5.41) is 0. The topological polar surface area (TPSA) is 35.2 Å². The van der Waals surface area contributed by atoms with Crippen molar-refractivity contribution in [2.24, 2.45) is 17.1 Å². The van der Waals surface area contributed by atoms with Crippen LogP contribution in [0.25, 0.3) is 0 Å². The number of allylic oxidation sites excluding steroid dienone is 1. The van der Waals surface area contributed by atoms with Gasteiger partial charge in [0.25, 0.3) is 0 Å². The van der Waals surface area contributed by atoms with E-state index in [4.69, 9.17) is 10.5 Å². The van der Waals surface area contributed by atoms with Gasteiger partial charge in [-0.05, 0) is 30.7 Å². The molecule has 0 spiro atoms. The molecular formula is C10H19NO. The normalized spacial score (nSPS) is 24.8. The molecule has 0 saturated carbocycles. The minimum Gasteiger partial charge on any atom is -0.381 e. The largest absolute Gasteiger partial charge is 0.381 e. The van der Waals surface area contributed by atoms with Crippen LogP contribution in [0, 0.1) is 11.3 Å². The van der Waals surface area contributed by atoms with E-state index in [-0.39, 0.29) is 5.41 Å². The highest BCUT2D eigenvalue weighted by molar-refractivity contribution is 4.94. The third-order valence-electron chi connectivity index (χ3n) is 3.21. The Balaban J connectivity index is 2.65. The highest BCUT2D eigenvalue weighted by Gasteiger charge is 2.34. The zero-order valence-corrected chi connectivity index (χ0v) is 7.88. The van der Waals surface area contributed by atoms with Gasteiger partial charge in [-0.25, -0.2) is 0 Å².